The molecule has 7 nitrogen and oxygen atoms in total. The standard InChI is InChI=1S/C13H24N2O5/c1-3-5-11(6-4-2)12(17)20-10-13(9-16,7-14-18)8-15-19/h11,16H,3-10H2,1-2H3. The SMILES string of the molecule is CCCC(CCC)C(=O)OCC(CO)(CN=O)CN=O. The van der Waals surface area contributed by atoms with Crippen LogP contribution in [0, 0.1) is 21.1 Å². The lowest BCUT2D eigenvalue weighted by Gasteiger charge is -2.26. The zero-order valence-corrected chi connectivity index (χ0v) is 12.2. The summed E-state index contributed by atoms with van der Waals surface area (Å²) in [5.41, 5.74) is -1.19. The van der Waals surface area contributed by atoms with Crippen molar-refractivity contribution in [1.82, 2.24) is 0 Å². The molecular formula is C13H24N2O5. The Bertz CT molecular complexity index is 293. The summed E-state index contributed by atoms with van der Waals surface area (Å²) in [6.07, 6.45) is 3.21. The third-order valence-corrected chi connectivity index (χ3v) is 3.26. The van der Waals surface area contributed by atoms with Crippen molar-refractivity contribution < 1.29 is 14.6 Å². The van der Waals surface area contributed by atoms with Crippen LogP contribution in [0.15, 0.2) is 10.4 Å². The summed E-state index contributed by atoms with van der Waals surface area (Å²) in [6, 6.07) is 0. The monoisotopic (exact) mass is 288 g/mol. The summed E-state index contributed by atoms with van der Waals surface area (Å²) in [5.74, 6) is -0.543. The molecule has 0 aromatic heterocycles. The van der Waals surface area contributed by atoms with Crippen LogP contribution in [0.25, 0.3) is 0 Å². The summed E-state index contributed by atoms with van der Waals surface area (Å²) < 4.78 is 5.17. The first-order chi connectivity index (χ1) is 9.59. The van der Waals surface area contributed by atoms with Crippen LogP contribution >= 0.6 is 0 Å². The maximum Gasteiger partial charge on any atom is 0.308 e. The highest BCUT2D eigenvalue weighted by atomic mass is 16.5. The van der Waals surface area contributed by atoms with Crippen LogP contribution < -0.4 is 0 Å². The first-order valence-corrected chi connectivity index (χ1v) is 6.94. The van der Waals surface area contributed by atoms with Crippen LogP contribution in [-0.2, 0) is 9.53 Å². The van der Waals surface area contributed by atoms with Crippen LogP contribution in [-0.4, -0.2) is 37.4 Å². The molecule has 0 saturated heterocycles. The lowest BCUT2D eigenvalue weighted by atomic mass is 9.90. The highest BCUT2D eigenvalue weighted by Gasteiger charge is 2.33. The number of aliphatic hydroxyl groups excluding tert-OH is 1. The minimum Gasteiger partial charge on any atom is -0.465 e. The van der Waals surface area contributed by atoms with E-state index < -0.39 is 12.0 Å². The van der Waals surface area contributed by atoms with E-state index in [9.17, 15) is 19.7 Å². The number of carbonyl (C=O) groups excluding carboxylic acids is 1. The predicted molar refractivity (Wildman–Crippen MR) is 75.1 cm³/mol. The van der Waals surface area contributed by atoms with Gasteiger partial charge in [-0.25, -0.2) is 0 Å². The van der Waals surface area contributed by atoms with E-state index in [0.29, 0.717) is 0 Å². The average molecular weight is 288 g/mol. The molecule has 20 heavy (non-hydrogen) atoms. The van der Waals surface area contributed by atoms with Gasteiger partial charge >= 0.3 is 5.97 Å². The lowest BCUT2D eigenvalue weighted by molar-refractivity contribution is -0.153. The summed E-state index contributed by atoms with van der Waals surface area (Å²) in [6.45, 7) is 2.65. The van der Waals surface area contributed by atoms with Gasteiger partial charge in [-0.2, -0.15) is 9.81 Å². The van der Waals surface area contributed by atoms with Gasteiger partial charge in [0.05, 0.1) is 31.0 Å². The molecule has 0 aliphatic rings. The van der Waals surface area contributed by atoms with Crippen LogP contribution in [0.2, 0.25) is 0 Å². The van der Waals surface area contributed by atoms with Gasteiger partial charge in [-0.15, -0.1) is 0 Å². The summed E-state index contributed by atoms with van der Waals surface area (Å²) >= 11 is 0. The predicted octanol–water partition coefficient (Wildman–Crippen LogP) is 2.26. The van der Waals surface area contributed by atoms with Gasteiger partial charge in [0.25, 0.3) is 0 Å². The van der Waals surface area contributed by atoms with Crippen molar-refractivity contribution in [2.75, 3.05) is 26.3 Å². The lowest BCUT2D eigenvalue weighted by Crippen LogP contribution is -2.39. The van der Waals surface area contributed by atoms with Crippen LogP contribution in [0.4, 0.5) is 0 Å². The molecule has 0 aromatic carbocycles. The molecule has 0 atom stereocenters. The topological polar surface area (TPSA) is 105 Å². The van der Waals surface area contributed by atoms with Gasteiger partial charge in [0.15, 0.2) is 0 Å². The number of esters is 1. The number of ether oxygens (including phenoxy) is 1. The maximum atomic E-state index is 12.0. The average Bonchev–Trinajstić information content (AvgIpc) is 2.44. The van der Waals surface area contributed by atoms with Gasteiger partial charge in [0.1, 0.15) is 6.61 Å². The zero-order chi connectivity index (χ0) is 15.4. The largest absolute Gasteiger partial charge is 0.465 e. The number of nitroso groups, excluding NO2 is 2. The minimum absolute atomic E-state index is 0.185. The van der Waals surface area contributed by atoms with Crippen LogP contribution in [0.1, 0.15) is 39.5 Å². The number of nitrogens with zero attached hydrogens (tertiary/aromatic N) is 2. The molecule has 0 fully saturated rings. The van der Waals surface area contributed by atoms with Gasteiger partial charge in [-0.05, 0) is 12.8 Å². The molecular weight excluding hydrogens is 264 g/mol. The van der Waals surface area contributed by atoms with Crippen molar-refractivity contribution in [3.63, 3.8) is 0 Å². The molecule has 116 valence electrons. The number of hydrogen-bond donors (Lipinski definition) is 1. The highest BCUT2D eigenvalue weighted by Crippen LogP contribution is 2.21. The molecule has 0 aliphatic heterocycles. The number of aliphatic hydroxyl groups is 1. The first kappa shape index (κ1) is 18.6. The summed E-state index contributed by atoms with van der Waals surface area (Å²) in [7, 11) is 0. The number of hydrogen-bond acceptors (Lipinski definition) is 7. The molecule has 0 saturated carbocycles. The van der Waals surface area contributed by atoms with Crippen LogP contribution in [0.5, 0.6) is 0 Å². The van der Waals surface area contributed by atoms with E-state index in [4.69, 9.17) is 4.74 Å². The second-order valence-corrected chi connectivity index (χ2v) is 5.11. The minimum atomic E-state index is -1.19. The normalized spacial score (nSPS) is 11.4. The number of carbonyl (C=O) groups is 1. The van der Waals surface area contributed by atoms with E-state index in [1.807, 2.05) is 13.8 Å². The third-order valence-electron chi connectivity index (χ3n) is 3.26. The van der Waals surface area contributed by atoms with E-state index in [-0.39, 0.29) is 31.6 Å². The van der Waals surface area contributed by atoms with Crippen molar-refractivity contribution in [1.29, 1.82) is 0 Å². The molecule has 1 N–H and O–H groups in total. The molecule has 0 unspecified atom stereocenters. The molecule has 0 rings (SSSR count). The first-order valence-electron chi connectivity index (χ1n) is 6.94. The Morgan fingerprint density at radius 2 is 1.65 bits per heavy atom. The Kier molecular flexibility index (Phi) is 9.71. The Morgan fingerprint density at radius 3 is 2.00 bits per heavy atom. The van der Waals surface area contributed by atoms with Gasteiger partial charge in [0.2, 0.25) is 0 Å². The van der Waals surface area contributed by atoms with E-state index in [1.54, 1.807) is 0 Å². The fraction of sp³-hybridized carbons (Fsp3) is 0.923. The van der Waals surface area contributed by atoms with E-state index in [2.05, 4.69) is 10.4 Å². The van der Waals surface area contributed by atoms with Crippen molar-refractivity contribution in [3.8, 4) is 0 Å². The fourth-order valence-electron chi connectivity index (χ4n) is 1.98. The zero-order valence-electron chi connectivity index (χ0n) is 12.2. The summed E-state index contributed by atoms with van der Waals surface area (Å²) in [5, 5.41) is 14.7. The van der Waals surface area contributed by atoms with Crippen molar-refractivity contribution in [2.24, 2.45) is 21.7 Å². The summed E-state index contributed by atoms with van der Waals surface area (Å²) in [4.78, 5) is 32.8. The molecule has 0 aromatic rings. The van der Waals surface area contributed by atoms with Crippen molar-refractivity contribution in [2.45, 2.75) is 39.5 Å². The highest BCUT2D eigenvalue weighted by molar-refractivity contribution is 5.72. The quantitative estimate of drug-likeness (QED) is 0.438. The Balaban J connectivity index is 4.61. The van der Waals surface area contributed by atoms with Gasteiger partial charge in [-0.3, -0.25) is 4.79 Å². The van der Waals surface area contributed by atoms with Crippen molar-refractivity contribution in [3.05, 3.63) is 9.81 Å². The molecule has 0 aliphatic carbocycles. The molecule has 0 heterocycles. The molecule has 0 spiro atoms. The van der Waals surface area contributed by atoms with Gasteiger partial charge < -0.3 is 9.84 Å². The third kappa shape index (κ3) is 6.18. The Labute approximate surface area is 119 Å². The Morgan fingerprint density at radius 1 is 1.15 bits per heavy atom. The maximum absolute atomic E-state index is 12.0. The van der Waals surface area contributed by atoms with E-state index in [1.165, 1.54) is 0 Å². The molecule has 0 bridgehead atoms. The Hall–Kier alpha value is -1.37. The van der Waals surface area contributed by atoms with Gasteiger partial charge in [-0.1, -0.05) is 37.0 Å². The second-order valence-electron chi connectivity index (χ2n) is 5.11. The second kappa shape index (κ2) is 10.4. The van der Waals surface area contributed by atoms with E-state index in [0.717, 1.165) is 25.7 Å². The van der Waals surface area contributed by atoms with E-state index >= 15 is 0 Å². The smallest absolute Gasteiger partial charge is 0.308 e. The molecule has 0 amide bonds. The molecule has 0 radical (unpaired) electrons. The fourth-order valence-corrected chi connectivity index (χ4v) is 1.98. The molecule has 7 heteroatoms. The number of rotatable bonds is 12. The van der Waals surface area contributed by atoms with Gasteiger partial charge in [0, 0.05) is 0 Å². The van der Waals surface area contributed by atoms with Crippen LogP contribution in [0.3, 0.4) is 0 Å². The van der Waals surface area contributed by atoms with Crippen molar-refractivity contribution >= 4 is 5.97 Å².